The van der Waals surface area contributed by atoms with Crippen LogP contribution in [0.25, 0.3) is 17.1 Å². The van der Waals surface area contributed by atoms with Gasteiger partial charge in [0, 0.05) is 7.05 Å². The predicted octanol–water partition coefficient (Wildman–Crippen LogP) is 2.19. The van der Waals surface area contributed by atoms with Crippen molar-refractivity contribution in [3.8, 4) is 22.8 Å². The molecule has 2 aromatic carbocycles. The molecule has 172 valence electrons. The SMILES string of the molecule is Cn1ncn(-c2ccc(-n3ncn(-c4ccc(OCC(F)(F)C(F)F)cc4)c3=O)cc2)c1=O. The van der Waals surface area contributed by atoms with E-state index in [1.54, 1.807) is 24.3 Å². The van der Waals surface area contributed by atoms with Gasteiger partial charge in [-0.05, 0) is 48.5 Å². The molecule has 2 heterocycles. The molecule has 0 saturated heterocycles. The van der Waals surface area contributed by atoms with Crippen LogP contribution < -0.4 is 16.1 Å². The molecule has 0 N–H and O–H groups in total. The third-order valence-electron chi connectivity index (χ3n) is 4.73. The summed E-state index contributed by atoms with van der Waals surface area (Å²) in [5.74, 6) is -4.32. The number of hydrogen-bond donors (Lipinski definition) is 0. The van der Waals surface area contributed by atoms with Gasteiger partial charge < -0.3 is 4.74 Å². The molecule has 0 aliphatic heterocycles. The molecule has 2 aromatic heterocycles. The van der Waals surface area contributed by atoms with E-state index < -0.39 is 24.6 Å². The number of rotatable bonds is 7. The molecule has 4 aromatic rings. The van der Waals surface area contributed by atoms with E-state index in [1.165, 1.54) is 57.8 Å². The van der Waals surface area contributed by atoms with E-state index in [0.29, 0.717) is 17.1 Å². The van der Waals surface area contributed by atoms with Crippen molar-refractivity contribution in [2.24, 2.45) is 7.05 Å². The Morgan fingerprint density at radius 2 is 1.36 bits per heavy atom. The van der Waals surface area contributed by atoms with Crippen LogP contribution in [0, 0.1) is 0 Å². The van der Waals surface area contributed by atoms with Gasteiger partial charge in [-0.1, -0.05) is 0 Å². The van der Waals surface area contributed by atoms with Crippen LogP contribution in [-0.2, 0) is 7.05 Å². The van der Waals surface area contributed by atoms with E-state index in [9.17, 15) is 27.2 Å². The lowest BCUT2D eigenvalue weighted by Crippen LogP contribution is -2.33. The average Bonchev–Trinajstić information content (AvgIpc) is 3.35. The minimum atomic E-state index is -4.27. The molecule has 0 amide bonds. The van der Waals surface area contributed by atoms with E-state index in [4.69, 9.17) is 4.74 Å². The smallest absolute Gasteiger partial charge is 0.355 e. The van der Waals surface area contributed by atoms with Crippen LogP contribution in [0.2, 0.25) is 0 Å². The quantitative estimate of drug-likeness (QED) is 0.392. The monoisotopic (exact) mass is 464 g/mol. The summed E-state index contributed by atoms with van der Waals surface area (Å²) in [6.07, 6.45) is -1.19. The van der Waals surface area contributed by atoms with Crippen molar-refractivity contribution in [2.75, 3.05) is 6.61 Å². The standard InChI is InChI=1S/C20H16F4N6O3/c1-27-18(31)28(11-25-27)13-2-4-15(5-3-13)30-19(32)29(12-26-30)14-6-8-16(9-7-14)33-10-20(23,24)17(21)22/h2-9,11-12,17H,10H2,1H3. The Labute approximate surface area is 182 Å². The molecule has 0 atom stereocenters. The number of alkyl halides is 4. The maximum Gasteiger partial charge on any atom is 0.355 e. The van der Waals surface area contributed by atoms with E-state index in [0.717, 1.165) is 4.68 Å². The second-order valence-electron chi connectivity index (χ2n) is 6.96. The number of ether oxygens (including phenoxy) is 1. The minimum Gasteiger partial charge on any atom is -0.487 e. The second kappa shape index (κ2) is 8.41. The molecule has 0 aliphatic carbocycles. The lowest BCUT2D eigenvalue weighted by atomic mass is 10.3. The Bertz CT molecular complexity index is 1370. The van der Waals surface area contributed by atoms with Crippen molar-refractivity contribution in [3.05, 3.63) is 82.2 Å². The summed E-state index contributed by atoms with van der Waals surface area (Å²) in [4.78, 5) is 24.8. The van der Waals surface area contributed by atoms with Crippen LogP contribution in [0.1, 0.15) is 0 Å². The lowest BCUT2D eigenvalue weighted by molar-refractivity contribution is -0.148. The van der Waals surface area contributed by atoms with Crippen molar-refractivity contribution in [2.45, 2.75) is 12.3 Å². The highest BCUT2D eigenvalue weighted by molar-refractivity contribution is 5.41. The van der Waals surface area contributed by atoms with Crippen molar-refractivity contribution in [1.29, 1.82) is 0 Å². The van der Waals surface area contributed by atoms with Crippen LogP contribution in [0.3, 0.4) is 0 Å². The summed E-state index contributed by atoms with van der Waals surface area (Å²) >= 11 is 0. The zero-order valence-corrected chi connectivity index (χ0v) is 17.0. The molecule has 4 rings (SSSR count). The van der Waals surface area contributed by atoms with E-state index in [-0.39, 0.29) is 11.4 Å². The number of benzene rings is 2. The van der Waals surface area contributed by atoms with Crippen molar-refractivity contribution < 1.29 is 22.3 Å². The van der Waals surface area contributed by atoms with Crippen LogP contribution in [-0.4, -0.2) is 47.7 Å². The van der Waals surface area contributed by atoms with Crippen molar-refractivity contribution >= 4 is 0 Å². The number of nitrogens with zero attached hydrogens (tertiary/aromatic N) is 6. The fourth-order valence-corrected chi connectivity index (χ4v) is 2.92. The summed E-state index contributed by atoms with van der Waals surface area (Å²) in [7, 11) is 1.52. The summed E-state index contributed by atoms with van der Waals surface area (Å²) in [6.45, 7) is -1.47. The highest BCUT2D eigenvalue weighted by Crippen LogP contribution is 2.24. The third-order valence-corrected chi connectivity index (χ3v) is 4.73. The summed E-state index contributed by atoms with van der Waals surface area (Å²) in [6, 6.07) is 11.8. The molecule has 0 spiro atoms. The topological polar surface area (TPSA) is 88.9 Å². The molecule has 13 heteroatoms. The first-order valence-corrected chi connectivity index (χ1v) is 9.45. The molecule has 0 bridgehead atoms. The Hall–Kier alpha value is -4.16. The molecule has 33 heavy (non-hydrogen) atoms. The summed E-state index contributed by atoms with van der Waals surface area (Å²) in [5.41, 5.74) is 0.512. The normalized spacial score (nSPS) is 11.8. The maximum absolute atomic E-state index is 13.0. The van der Waals surface area contributed by atoms with Gasteiger partial charge in [-0.3, -0.25) is 0 Å². The fourth-order valence-electron chi connectivity index (χ4n) is 2.92. The first-order valence-electron chi connectivity index (χ1n) is 9.45. The maximum atomic E-state index is 13.0. The molecule has 0 saturated carbocycles. The van der Waals surface area contributed by atoms with Gasteiger partial charge in [0.2, 0.25) is 0 Å². The van der Waals surface area contributed by atoms with Gasteiger partial charge in [0.1, 0.15) is 18.4 Å². The van der Waals surface area contributed by atoms with Gasteiger partial charge in [0.05, 0.1) is 17.1 Å². The van der Waals surface area contributed by atoms with Gasteiger partial charge in [-0.2, -0.15) is 23.7 Å². The number of hydrogen-bond acceptors (Lipinski definition) is 5. The minimum absolute atomic E-state index is 0.0549. The Balaban J connectivity index is 1.53. The van der Waals surface area contributed by atoms with Gasteiger partial charge >= 0.3 is 23.7 Å². The molecule has 0 fully saturated rings. The van der Waals surface area contributed by atoms with Crippen LogP contribution in [0.5, 0.6) is 5.75 Å². The van der Waals surface area contributed by atoms with Gasteiger partial charge in [0.15, 0.2) is 6.61 Å². The third kappa shape index (κ3) is 4.29. The number of aryl methyl sites for hydroxylation is 1. The van der Waals surface area contributed by atoms with Crippen molar-refractivity contribution in [1.82, 2.24) is 28.7 Å². The fraction of sp³-hybridized carbons (Fsp3) is 0.200. The Morgan fingerprint density at radius 3 is 1.91 bits per heavy atom. The predicted molar refractivity (Wildman–Crippen MR) is 108 cm³/mol. The van der Waals surface area contributed by atoms with Gasteiger partial charge in [0.25, 0.3) is 0 Å². The molecular weight excluding hydrogens is 448 g/mol. The first-order chi connectivity index (χ1) is 15.7. The zero-order valence-electron chi connectivity index (χ0n) is 17.0. The van der Waals surface area contributed by atoms with Crippen LogP contribution in [0.4, 0.5) is 17.6 Å². The molecule has 0 unspecified atom stereocenters. The average molecular weight is 464 g/mol. The largest absolute Gasteiger partial charge is 0.487 e. The summed E-state index contributed by atoms with van der Waals surface area (Å²) < 4.78 is 60.0. The van der Waals surface area contributed by atoms with Crippen molar-refractivity contribution in [3.63, 3.8) is 0 Å². The number of halogens is 4. The lowest BCUT2D eigenvalue weighted by Gasteiger charge is -2.16. The molecule has 0 aliphatic rings. The highest BCUT2D eigenvalue weighted by Gasteiger charge is 2.41. The molecule has 0 radical (unpaired) electrons. The van der Waals surface area contributed by atoms with Crippen LogP contribution in [0.15, 0.2) is 70.8 Å². The van der Waals surface area contributed by atoms with E-state index >= 15 is 0 Å². The van der Waals surface area contributed by atoms with Gasteiger partial charge in [-0.15, -0.1) is 0 Å². The Kier molecular flexibility index (Phi) is 5.62. The molecule has 9 nitrogen and oxygen atoms in total. The van der Waals surface area contributed by atoms with E-state index in [1.807, 2.05) is 0 Å². The van der Waals surface area contributed by atoms with Gasteiger partial charge in [-0.25, -0.2) is 32.2 Å². The van der Waals surface area contributed by atoms with E-state index in [2.05, 4.69) is 10.2 Å². The van der Waals surface area contributed by atoms with Crippen LogP contribution >= 0.6 is 0 Å². The first kappa shape index (κ1) is 22.0. The Morgan fingerprint density at radius 1 is 0.848 bits per heavy atom. The summed E-state index contributed by atoms with van der Waals surface area (Å²) in [5, 5.41) is 7.94. The second-order valence-corrected chi connectivity index (χ2v) is 6.96. The molecular formula is C20H16F4N6O3. The zero-order chi connectivity index (χ0) is 23.8. The highest BCUT2D eigenvalue weighted by atomic mass is 19.3. The number of aromatic nitrogens is 6.